The molecule has 0 spiro atoms. The van der Waals surface area contributed by atoms with E-state index < -0.39 is 12.0 Å². The van der Waals surface area contributed by atoms with Crippen LogP contribution in [0, 0.1) is 6.92 Å². The summed E-state index contributed by atoms with van der Waals surface area (Å²) in [5.74, 6) is 4.83. The summed E-state index contributed by atoms with van der Waals surface area (Å²) in [5.41, 5.74) is 3.54. The van der Waals surface area contributed by atoms with E-state index in [0.717, 1.165) is 0 Å². The van der Waals surface area contributed by atoms with Gasteiger partial charge in [0, 0.05) is 16.1 Å². The molecule has 1 aromatic heterocycles. The predicted molar refractivity (Wildman–Crippen MR) is 106 cm³/mol. The first-order valence-corrected chi connectivity index (χ1v) is 8.87. The zero-order valence-electron chi connectivity index (χ0n) is 14.6. The maximum absolute atomic E-state index is 13.1. The van der Waals surface area contributed by atoms with Crippen molar-refractivity contribution in [3.8, 4) is 5.75 Å². The van der Waals surface area contributed by atoms with Gasteiger partial charge in [0.2, 0.25) is 0 Å². The molecule has 3 N–H and O–H groups in total. The van der Waals surface area contributed by atoms with Crippen LogP contribution in [0.5, 0.6) is 5.75 Å². The van der Waals surface area contributed by atoms with E-state index in [-0.39, 0.29) is 5.91 Å². The lowest BCUT2D eigenvalue weighted by Gasteiger charge is -2.17. The van der Waals surface area contributed by atoms with Crippen LogP contribution in [0.25, 0.3) is 10.9 Å². The molecule has 2 aromatic carbocycles. The van der Waals surface area contributed by atoms with E-state index in [1.165, 1.54) is 10.6 Å². The van der Waals surface area contributed by atoms with E-state index in [2.05, 4.69) is 5.43 Å². The number of hydrazine groups is 1. The van der Waals surface area contributed by atoms with Crippen molar-refractivity contribution in [3.05, 3.63) is 63.8 Å². The lowest BCUT2D eigenvalue weighted by atomic mass is 10.1. The number of carbonyl (C=O) groups is 2. The van der Waals surface area contributed by atoms with Crippen LogP contribution in [0.2, 0.25) is 10.0 Å². The van der Waals surface area contributed by atoms with Crippen molar-refractivity contribution in [2.45, 2.75) is 20.0 Å². The first kappa shape index (κ1) is 19.2. The number of nitrogen functional groups attached to an aromatic ring is 1. The summed E-state index contributed by atoms with van der Waals surface area (Å²) in [6, 6.07) is 11.9. The number of halogens is 2. The maximum atomic E-state index is 13.1. The number of aromatic nitrogens is 1. The average molecular weight is 406 g/mol. The number of amides is 1. The van der Waals surface area contributed by atoms with Crippen molar-refractivity contribution >= 4 is 45.9 Å². The quantitative estimate of drug-likeness (QED) is 0.390. The Morgan fingerprint density at radius 3 is 2.56 bits per heavy atom. The lowest BCUT2D eigenvalue weighted by molar-refractivity contribution is 0.0731. The molecule has 3 aromatic rings. The Kier molecular flexibility index (Phi) is 5.41. The Labute approximate surface area is 165 Å². The van der Waals surface area contributed by atoms with Crippen LogP contribution in [0.1, 0.15) is 27.8 Å². The maximum Gasteiger partial charge on any atom is 0.272 e. The second-order valence-electron chi connectivity index (χ2n) is 5.96. The van der Waals surface area contributed by atoms with E-state index >= 15 is 0 Å². The summed E-state index contributed by atoms with van der Waals surface area (Å²) in [5, 5.41) is 1.40. The summed E-state index contributed by atoms with van der Waals surface area (Å²) >= 11 is 12.0. The normalized spacial score (nSPS) is 12.0. The molecule has 0 radical (unpaired) electrons. The monoisotopic (exact) mass is 405 g/mol. The van der Waals surface area contributed by atoms with Gasteiger partial charge in [-0.3, -0.25) is 19.6 Å². The van der Waals surface area contributed by atoms with Crippen LogP contribution in [0.3, 0.4) is 0 Å². The van der Waals surface area contributed by atoms with E-state index in [4.69, 9.17) is 33.8 Å². The largest absolute Gasteiger partial charge is 0.479 e. The fraction of sp³-hybridized carbons (Fsp3) is 0.158. The molecule has 0 aliphatic heterocycles. The van der Waals surface area contributed by atoms with Gasteiger partial charge in [0.05, 0.1) is 16.1 Å². The van der Waals surface area contributed by atoms with Gasteiger partial charge < -0.3 is 4.74 Å². The van der Waals surface area contributed by atoms with Gasteiger partial charge in [0.1, 0.15) is 5.75 Å². The molecule has 27 heavy (non-hydrogen) atoms. The van der Waals surface area contributed by atoms with Crippen LogP contribution < -0.4 is 16.0 Å². The molecule has 0 unspecified atom stereocenters. The van der Waals surface area contributed by atoms with Gasteiger partial charge in [0.15, 0.2) is 6.10 Å². The van der Waals surface area contributed by atoms with Crippen molar-refractivity contribution in [2.24, 2.45) is 5.84 Å². The molecule has 0 bridgehead atoms. The Bertz CT molecular complexity index is 1050. The predicted octanol–water partition coefficient (Wildman–Crippen LogP) is 3.97. The molecule has 0 fully saturated rings. The van der Waals surface area contributed by atoms with Crippen molar-refractivity contribution < 1.29 is 14.3 Å². The zero-order chi connectivity index (χ0) is 19.7. The van der Waals surface area contributed by atoms with Crippen molar-refractivity contribution in [1.29, 1.82) is 0 Å². The molecule has 0 saturated heterocycles. The fourth-order valence-electron chi connectivity index (χ4n) is 3.00. The van der Waals surface area contributed by atoms with Crippen LogP contribution >= 0.6 is 23.2 Å². The van der Waals surface area contributed by atoms with Crippen LogP contribution in [-0.2, 0) is 0 Å². The highest BCUT2D eigenvalue weighted by atomic mass is 35.5. The second-order valence-corrected chi connectivity index (χ2v) is 6.80. The molecule has 140 valence electrons. The molecule has 0 aliphatic carbocycles. The van der Waals surface area contributed by atoms with Crippen LogP contribution in [0.4, 0.5) is 0 Å². The fourth-order valence-corrected chi connectivity index (χ4v) is 3.46. The topological polar surface area (TPSA) is 86.4 Å². The van der Waals surface area contributed by atoms with E-state index in [1.807, 2.05) is 0 Å². The van der Waals surface area contributed by atoms with Gasteiger partial charge in [-0.1, -0.05) is 41.4 Å². The smallest absolute Gasteiger partial charge is 0.272 e. The third-order valence-electron chi connectivity index (χ3n) is 4.24. The summed E-state index contributed by atoms with van der Waals surface area (Å²) < 4.78 is 7.18. The van der Waals surface area contributed by atoms with Gasteiger partial charge in [-0.2, -0.15) is 0 Å². The Morgan fingerprint density at radius 2 is 1.89 bits per heavy atom. The minimum atomic E-state index is -0.855. The molecule has 3 rings (SSSR count). The number of hydrogen-bond acceptors (Lipinski definition) is 4. The average Bonchev–Trinajstić information content (AvgIpc) is 2.94. The number of rotatable bonds is 4. The van der Waals surface area contributed by atoms with Crippen LogP contribution in [0.15, 0.2) is 42.5 Å². The minimum Gasteiger partial charge on any atom is -0.479 e. The molecule has 0 aliphatic rings. The third-order valence-corrected chi connectivity index (χ3v) is 4.77. The first-order chi connectivity index (χ1) is 12.8. The summed E-state index contributed by atoms with van der Waals surface area (Å²) in [6.45, 7) is 3.30. The molecule has 1 heterocycles. The minimum absolute atomic E-state index is 0.305. The number of benzene rings is 2. The molecular formula is C19H17Cl2N3O3. The van der Waals surface area contributed by atoms with Gasteiger partial charge in [0.25, 0.3) is 11.8 Å². The molecule has 8 heteroatoms. The lowest BCUT2D eigenvalue weighted by Crippen LogP contribution is -2.32. The van der Waals surface area contributed by atoms with Crippen LogP contribution in [-0.4, -0.2) is 22.5 Å². The van der Waals surface area contributed by atoms with Crippen molar-refractivity contribution in [2.75, 3.05) is 0 Å². The van der Waals surface area contributed by atoms with Gasteiger partial charge >= 0.3 is 0 Å². The van der Waals surface area contributed by atoms with Gasteiger partial charge in [-0.15, -0.1) is 0 Å². The highest BCUT2D eigenvalue weighted by molar-refractivity contribution is 6.35. The standard InChI is InChI=1S/C19H17Cl2N3O3/c1-10-17(18(25)23-22)13-5-3-4-6-15(13)24(10)19(26)11(2)27-16-8-7-12(20)9-14(16)21/h3-9,11H,22H2,1-2H3,(H,23,25)/t11-/m0/s1. The highest BCUT2D eigenvalue weighted by Gasteiger charge is 2.26. The number of fused-ring (bicyclic) bond motifs is 1. The number of para-hydroxylation sites is 1. The Morgan fingerprint density at radius 1 is 1.19 bits per heavy atom. The molecule has 1 atom stereocenters. The number of nitrogens with one attached hydrogen (secondary N) is 1. The van der Waals surface area contributed by atoms with Crippen molar-refractivity contribution in [3.63, 3.8) is 0 Å². The number of ether oxygens (including phenoxy) is 1. The summed E-state index contributed by atoms with van der Waals surface area (Å²) in [6.07, 6.45) is -0.855. The Balaban J connectivity index is 2.02. The SMILES string of the molecule is Cc1c(C(=O)NN)c2ccccc2n1C(=O)[C@H](C)Oc1ccc(Cl)cc1Cl. The number of carbonyl (C=O) groups excluding carboxylic acids is 2. The number of hydrogen-bond donors (Lipinski definition) is 2. The Hall–Kier alpha value is -2.54. The summed E-state index contributed by atoms with van der Waals surface area (Å²) in [4.78, 5) is 25.3. The van der Waals surface area contributed by atoms with Gasteiger partial charge in [-0.05, 0) is 38.1 Å². The second kappa shape index (κ2) is 7.60. The molecule has 6 nitrogen and oxygen atoms in total. The third kappa shape index (κ3) is 3.51. The van der Waals surface area contributed by atoms with Crippen molar-refractivity contribution in [1.82, 2.24) is 9.99 Å². The molecular weight excluding hydrogens is 389 g/mol. The molecule has 1 amide bonds. The number of nitrogens with zero attached hydrogens (tertiary/aromatic N) is 1. The van der Waals surface area contributed by atoms with E-state index in [1.54, 1.807) is 50.2 Å². The summed E-state index contributed by atoms with van der Waals surface area (Å²) in [7, 11) is 0. The molecule has 0 saturated carbocycles. The first-order valence-electron chi connectivity index (χ1n) is 8.12. The van der Waals surface area contributed by atoms with E-state index in [9.17, 15) is 9.59 Å². The van der Waals surface area contributed by atoms with E-state index in [0.29, 0.717) is 38.0 Å². The van der Waals surface area contributed by atoms with Gasteiger partial charge in [-0.25, -0.2) is 5.84 Å². The highest BCUT2D eigenvalue weighted by Crippen LogP contribution is 2.30. The zero-order valence-corrected chi connectivity index (χ0v) is 16.1. The number of nitrogens with two attached hydrogens (primary N) is 1.